The van der Waals surface area contributed by atoms with E-state index in [2.05, 4.69) is 10.2 Å². The highest BCUT2D eigenvalue weighted by atomic mass is 16.7. The first-order valence-corrected chi connectivity index (χ1v) is 19.6. The third-order valence-corrected chi connectivity index (χ3v) is 11.0. The largest absolute Gasteiger partial charge is 0.445 e. The van der Waals surface area contributed by atoms with Crippen molar-refractivity contribution in [2.75, 3.05) is 13.6 Å². The van der Waals surface area contributed by atoms with Crippen LogP contribution in [0.25, 0.3) is 11.1 Å². The van der Waals surface area contributed by atoms with Crippen molar-refractivity contribution in [1.82, 2.24) is 15.1 Å². The molecule has 0 saturated carbocycles. The number of nitrogens with zero attached hydrogens (tertiary/aromatic N) is 2. The van der Waals surface area contributed by atoms with Crippen molar-refractivity contribution >= 4 is 17.9 Å². The van der Waals surface area contributed by atoms with Crippen LogP contribution in [-0.2, 0) is 43.6 Å². The summed E-state index contributed by atoms with van der Waals surface area (Å²) in [7, 11) is 1.99. The van der Waals surface area contributed by atoms with E-state index in [9.17, 15) is 24.6 Å². The molecule has 0 aromatic heterocycles. The zero-order valence-corrected chi connectivity index (χ0v) is 32.6. The quantitative estimate of drug-likeness (QED) is 0.102. The number of likely N-dealkylation sites (tertiary alicyclic amines) is 1. The monoisotopic (exact) mass is 783 g/mol. The number of hydrogen-bond acceptors (Lipinski definition) is 9. The van der Waals surface area contributed by atoms with Crippen molar-refractivity contribution in [3.63, 3.8) is 0 Å². The van der Waals surface area contributed by atoms with Gasteiger partial charge in [0.2, 0.25) is 5.91 Å². The van der Waals surface area contributed by atoms with Gasteiger partial charge in [0.15, 0.2) is 6.29 Å². The van der Waals surface area contributed by atoms with Gasteiger partial charge in [0.25, 0.3) is 5.91 Å². The highest BCUT2D eigenvalue weighted by molar-refractivity contribution is 6.06. The first-order chi connectivity index (χ1) is 28.2. The molecule has 0 bridgehead atoms. The molecule has 2 heterocycles. The number of amides is 3. The van der Waals surface area contributed by atoms with Gasteiger partial charge < -0.3 is 29.7 Å². The van der Waals surface area contributed by atoms with Crippen LogP contribution in [0.4, 0.5) is 4.79 Å². The van der Waals surface area contributed by atoms with E-state index in [1.54, 1.807) is 0 Å². The summed E-state index contributed by atoms with van der Waals surface area (Å²) >= 11 is 0. The van der Waals surface area contributed by atoms with Crippen LogP contribution in [0.5, 0.6) is 0 Å². The minimum atomic E-state index is -1.00. The van der Waals surface area contributed by atoms with Gasteiger partial charge in [-0.2, -0.15) is 0 Å². The van der Waals surface area contributed by atoms with E-state index < -0.39 is 30.4 Å². The van der Waals surface area contributed by atoms with E-state index in [-0.39, 0.29) is 50.3 Å². The Morgan fingerprint density at radius 2 is 1.50 bits per heavy atom. The Morgan fingerprint density at radius 3 is 2.21 bits per heavy atom. The van der Waals surface area contributed by atoms with Crippen molar-refractivity contribution in [3.05, 3.63) is 167 Å². The van der Waals surface area contributed by atoms with Crippen LogP contribution in [-0.4, -0.2) is 69.7 Å². The predicted molar refractivity (Wildman–Crippen MR) is 218 cm³/mol. The van der Waals surface area contributed by atoms with Gasteiger partial charge >= 0.3 is 6.09 Å². The fourth-order valence-corrected chi connectivity index (χ4v) is 7.49. The van der Waals surface area contributed by atoms with Crippen LogP contribution in [0.2, 0.25) is 0 Å². The van der Waals surface area contributed by atoms with E-state index >= 15 is 0 Å². The molecule has 5 aromatic carbocycles. The van der Waals surface area contributed by atoms with E-state index in [1.807, 2.05) is 147 Å². The molecular weight excluding hydrogens is 735 g/mol. The maximum Gasteiger partial charge on any atom is 0.408 e. The zero-order valence-electron chi connectivity index (χ0n) is 32.6. The molecule has 2 fully saturated rings. The van der Waals surface area contributed by atoms with Gasteiger partial charge in [0.1, 0.15) is 12.6 Å². The average Bonchev–Trinajstić information content (AvgIpc) is 3.52. The number of ether oxygens (including phenoxy) is 3. The summed E-state index contributed by atoms with van der Waals surface area (Å²) in [6.07, 6.45) is -2.17. The van der Waals surface area contributed by atoms with Gasteiger partial charge in [-0.3, -0.25) is 19.4 Å². The highest BCUT2D eigenvalue weighted by Gasteiger charge is 2.40. The number of carbonyl (C=O) groups is 3. The third-order valence-electron chi connectivity index (χ3n) is 11.0. The molecule has 0 aliphatic carbocycles. The summed E-state index contributed by atoms with van der Waals surface area (Å²) in [5.41, 5.74) is 6.79. The molecule has 58 heavy (non-hydrogen) atoms. The van der Waals surface area contributed by atoms with Gasteiger partial charge in [0.05, 0.1) is 37.9 Å². The van der Waals surface area contributed by atoms with Gasteiger partial charge in [-0.1, -0.05) is 133 Å². The molecule has 300 valence electrons. The standard InChI is InChI=1S/C47H49N3O8/c1-31(44(53)36-13-7-4-8-14-36)49(2)28-39-25-42(35-19-17-32(29-51)18-20-35)58-46(57-39)37-23-21-34(22-24-37)40-16-10-9-15-38(40)27-50-43(52)26-41(45(50)54)48-47(55)56-30-33-11-5-3-6-12-33/h3-24,31,39,41-42,44,46,51,53H,25-30H2,1-2H3,(H,48,55). The molecule has 2 aliphatic rings. The predicted octanol–water partition coefficient (Wildman–Crippen LogP) is 7.00. The lowest BCUT2D eigenvalue weighted by atomic mass is 9.97. The number of imide groups is 1. The normalized spacial score (nSPS) is 20.5. The van der Waals surface area contributed by atoms with Crippen LogP contribution in [0.15, 0.2) is 133 Å². The Labute approximate surface area is 338 Å². The van der Waals surface area contributed by atoms with Crippen molar-refractivity contribution in [2.45, 2.75) is 76.2 Å². The third kappa shape index (κ3) is 9.70. The fraction of sp³-hybridized carbons (Fsp3) is 0.298. The van der Waals surface area contributed by atoms with E-state index in [0.29, 0.717) is 13.0 Å². The van der Waals surface area contributed by atoms with E-state index in [0.717, 1.165) is 44.5 Å². The molecule has 11 heteroatoms. The van der Waals surface area contributed by atoms with Crippen molar-refractivity contribution in [3.8, 4) is 11.1 Å². The zero-order chi connectivity index (χ0) is 40.6. The molecule has 3 amide bonds. The molecule has 0 spiro atoms. The van der Waals surface area contributed by atoms with Gasteiger partial charge in [-0.15, -0.1) is 0 Å². The minimum absolute atomic E-state index is 0.0452. The number of alkyl carbamates (subject to hydrolysis) is 1. The first-order valence-electron chi connectivity index (χ1n) is 19.6. The summed E-state index contributed by atoms with van der Waals surface area (Å²) in [5, 5.41) is 23.3. The van der Waals surface area contributed by atoms with Crippen LogP contribution >= 0.6 is 0 Å². The number of carbonyl (C=O) groups excluding carboxylic acids is 3. The second kappa shape index (κ2) is 18.7. The molecule has 6 unspecified atom stereocenters. The van der Waals surface area contributed by atoms with Crippen LogP contribution < -0.4 is 5.32 Å². The molecule has 2 aliphatic heterocycles. The van der Waals surface area contributed by atoms with Crippen LogP contribution in [0.3, 0.4) is 0 Å². The summed E-state index contributed by atoms with van der Waals surface area (Å²) in [6.45, 7) is 2.61. The SMILES string of the molecule is CC(C(O)c1ccccc1)N(C)CC1CC(c2ccc(CO)cc2)OC(c2ccc(-c3ccccc3CN3C(=O)CC(NC(=O)OCc4ccccc4)C3=O)cc2)O1. The number of nitrogens with one attached hydrogen (secondary N) is 1. The topological polar surface area (TPSA) is 138 Å². The maximum absolute atomic E-state index is 13.4. The highest BCUT2D eigenvalue weighted by Crippen LogP contribution is 2.39. The van der Waals surface area contributed by atoms with Gasteiger partial charge in [-0.25, -0.2) is 4.79 Å². The molecule has 0 radical (unpaired) electrons. The Morgan fingerprint density at radius 1 is 0.845 bits per heavy atom. The number of hydrogen-bond donors (Lipinski definition) is 3. The summed E-state index contributed by atoms with van der Waals surface area (Å²) in [4.78, 5) is 42.2. The Hall–Kier alpha value is -5.69. The molecule has 11 nitrogen and oxygen atoms in total. The summed E-state index contributed by atoms with van der Waals surface area (Å²) < 4.78 is 18.5. The second-order valence-corrected chi connectivity index (χ2v) is 14.9. The number of aliphatic hydroxyl groups is 2. The Bertz CT molecular complexity index is 2150. The number of likely N-dealkylation sites (N-methyl/N-ethyl adjacent to an activating group) is 1. The van der Waals surface area contributed by atoms with Crippen molar-refractivity contribution in [2.24, 2.45) is 0 Å². The molecule has 7 rings (SSSR count). The molecular formula is C47H49N3O8. The van der Waals surface area contributed by atoms with E-state index in [1.165, 1.54) is 4.90 Å². The number of benzene rings is 5. The maximum atomic E-state index is 13.4. The molecule has 3 N–H and O–H groups in total. The summed E-state index contributed by atoms with van der Waals surface area (Å²) in [5.74, 6) is -0.858. The first kappa shape index (κ1) is 40.5. The van der Waals surface area contributed by atoms with Crippen molar-refractivity contribution < 1.29 is 38.8 Å². The Balaban J connectivity index is 1.04. The summed E-state index contributed by atoms with van der Waals surface area (Å²) in [6, 6.07) is 40.9. The molecule has 2 saturated heterocycles. The van der Waals surface area contributed by atoms with E-state index in [4.69, 9.17) is 14.2 Å². The lowest BCUT2D eigenvalue weighted by Gasteiger charge is -2.39. The lowest BCUT2D eigenvalue weighted by Crippen LogP contribution is -2.43. The lowest BCUT2D eigenvalue weighted by molar-refractivity contribution is -0.253. The number of aliphatic hydroxyl groups excluding tert-OH is 2. The van der Waals surface area contributed by atoms with Crippen LogP contribution in [0.1, 0.15) is 71.6 Å². The van der Waals surface area contributed by atoms with Crippen LogP contribution in [0, 0.1) is 0 Å². The van der Waals surface area contributed by atoms with Gasteiger partial charge in [0, 0.05) is 24.6 Å². The molecule has 5 aromatic rings. The smallest absolute Gasteiger partial charge is 0.408 e. The fourth-order valence-electron chi connectivity index (χ4n) is 7.49. The molecule has 6 atom stereocenters. The second-order valence-electron chi connectivity index (χ2n) is 14.9. The van der Waals surface area contributed by atoms with Crippen molar-refractivity contribution in [1.29, 1.82) is 0 Å². The Kier molecular flexibility index (Phi) is 13.1. The average molecular weight is 784 g/mol. The van der Waals surface area contributed by atoms with Gasteiger partial charge in [-0.05, 0) is 52.9 Å². The number of rotatable bonds is 14. The minimum Gasteiger partial charge on any atom is -0.445 e.